The predicted octanol–water partition coefficient (Wildman–Crippen LogP) is 8.14. The first kappa shape index (κ1) is 45.8. The molecule has 3 aromatic rings. The maximum atomic E-state index is 16.3. The Bertz CT molecular complexity index is 2180. The van der Waals surface area contributed by atoms with Gasteiger partial charge in [0.2, 0.25) is 37.4 Å². The SMILES string of the molecule is [C-]#[N+][C@@H]1CN(C(=O)[C@@H]2CC[C@@H]3CCCC[C@H](NC(=O)c4cc5cc([C@H](F)P(=O)(OCOC(=O)C(C)(C)C)OCOC(=O)C(C)(C)C)ccc5s4)C(=O)N32)C[C@H]1c1ccccc1. The van der Waals surface area contributed by atoms with E-state index in [4.69, 9.17) is 25.1 Å². The molecule has 3 aliphatic heterocycles. The van der Waals surface area contributed by atoms with E-state index in [-0.39, 0.29) is 40.3 Å². The number of amides is 3. The van der Waals surface area contributed by atoms with Crippen LogP contribution in [0.15, 0.2) is 54.6 Å². The molecule has 2 aromatic carbocycles. The van der Waals surface area contributed by atoms with Gasteiger partial charge < -0.3 is 29.4 Å². The van der Waals surface area contributed by atoms with Crippen molar-refractivity contribution < 1.29 is 51.4 Å². The minimum Gasteiger partial charge on any atom is -0.438 e. The molecule has 0 radical (unpaired) electrons. The molecule has 61 heavy (non-hydrogen) atoms. The number of rotatable bonds is 12. The number of fused-ring (bicyclic) bond motifs is 2. The summed E-state index contributed by atoms with van der Waals surface area (Å²) < 4.78 is 51.4. The number of likely N-dealkylation sites (tertiary alicyclic amines) is 1. The zero-order chi connectivity index (χ0) is 44.3. The molecule has 0 spiro atoms. The molecule has 3 saturated heterocycles. The maximum Gasteiger partial charge on any atom is 0.374 e. The largest absolute Gasteiger partial charge is 0.438 e. The van der Waals surface area contributed by atoms with Gasteiger partial charge in [0, 0.05) is 17.3 Å². The lowest BCUT2D eigenvalue weighted by Gasteiger charge is -2.36. The lowest BCUT2D eigenvalue weighted by atomic mass is 9.95. The smallest absolute Gasteiger partial charge is 0.374 e. The van der Waals surface area contributed by atoms with Crippen LogP contribution in [0.1, 0.15) is 113 Å². The van der Waals surface area contributed by atoms with Gasteiger partial charge in [0.15, 0.2) is 0 Å². The van der Waals surface area contributed by atoms with Gasteiger partial charge in [-0.15, -0.1) is 11.3 Å². The van der Waals surface area contributed by atoms with Crippen LogP contribution in [0, 0.1) is 17.4 Å². The van der Waals surface area contributed by atoms with Gasteiger partial charge in [-0.05, 0) is 102 Å². The molecule has 0 bridgehead atoms. The van der Waals surface area contributed by atoms with Crippen LogP contribution in [0.2, 0.25) is 0 Å². The molecular formula is C44H54FN4O10PS. The number of esters is 2. The number of benzene rings is 2. The zero-order valence-corrected chi connectivity index (χ0v) is 37.1. The van der Waals surface area contributed by atoms with E-state index < -0.39 is 67.9 Å². The fourth-order valence-electron chi connectivity index (χ4n) is 7.89. The van der Waals surface area contributed by atoms with Crippen molar-refractivity contribution >= 4 is 58.7 Å². The molecule has 1 aromatic heterocycles. The van der Waals surface area contributed by atoms with Crippen molar-refractivity contribution in [2.24, 2.45) is 10.8 Å². The first-order chi connectivity index (χ1) is 28.8. The maximum absolute atomic E-state index is 16.3. The van der Waals surface area contributed by atoms with Gasteiger partial charge in [-0.3, -0.25) is 37.6 Å². The summed E-state index contributed by atoms with van der Waals surface area (Å²) in [6.07, 6.45) is 3.86. The van der Waals surface area contributed by atoms with Crippen LogP contribution in [0.4, 0.5) is 4.39 Å². The number of alkyl halides is 1. The van der Waals surface area contributed by atoms with E-state index in [1.54, 1.807) is 57.4 Å². The highest BCUT2D eigenvalue weighted by molar-refractivity contribution is 7.54. The second kappa shape index (κ2) is 18.7. The molecule has 0 aliphatic carbocycles. The third kappa shape index (κ3) is 10.5. The van der Waals surface area contributed by atoms with Crippen LogP contribution < -0.4 is 5.32 Å². The van der Waals surface area contributed by atoms with Gasteiger partial charge >= 0.3 is 19.5 Å². The van der Waals surface area contributed by atoms with E-state index in [1.165, 1.54) is 18.2 Å². The third-order valence-corrected chi connectivity index (χ3v) is 14.2. The average molecular weight is 881 g/mol. The van der Waals surface area contributed by atoms with Crippen molar-refractivity contribution in [3.05, 3.63) is 82.0 Å². The van der Waals surface area contributed by atoms with Crippen molar-refractivity contribution in [2.45, 2.75) is 116 Å². The highest BCUT2D eigenvalue weighted by Crippen LogP contribution is 2.62. The first-order valence-corrected chi connectivity index (χ1v) is 23.0. The fourth-order valence-corrected chi connectivity index (χ4v) is 10.1. The number of nitrogens with zero attached hydrogens (tertiary/aromatic N) is 3. The standard InChI is InChI=1S/C44H54FN4O10PS/c1-43(2,3)41(53)56-25-58-60(55,59-26-57-42(54)44(4,5)6)37(45)28-17-20-35-29(21-28)22-36(61-35)38(50)47-32-16-12-11-15-30-18-19-34(49(30)39(32)51)40(52)48-23-31(33(24-48)46-7)27-13-9-8-10-14-27/h8-10,13-14,17,20-22,30-34,37H,11-12,15-16,18-19,23-26H2,1-6H3,(H,47,50)/t30-,31-,32-,33+,34-,37+/m0/s1. The summed E-state index contributed by atoms with van der Waals surface area (Å²) in [6.45, 7) is 16.3. The lowest BCUT2D eigenvalue weighted by Crippen LogP contribution is -2.56. The molecule has 4 heterocycles. The highest BCUT2D eigenvalue weighted by atomic mass is 32.1. The predicted molar refractivity (Wildman–Crippen MR) is 226 cm³/mol. The Hall–Kier alpha value is -4.68. The third-order valence-electron chi connectivity index (χ3n) is 11.3. The Morgan fingerprint density at radius 2 is 1.54 bits per heavy atom. The van der Waals surface area contributed by atoms with Gasteiger partial charge in [-0.2, -0.15) is 0 Å². The summed E-state index contributed by atoms with van der Waals surface area (Å²) in [6, 6.07) is 13.5. The average Bonchev–Trinajstić information content (AvgIpc) is 3.97. The Morgan fingerprint density at radius 1 is 0.902 bits per heavy atom. The molecule has 0 saturated carbocycles. The van der Waals surface area contributed by atoms with Crippen LogP contribution in [0.5, 0.6) is 0 Å². The Kier molecular flexibility index (Phi) is 14.1. The van der Waals surface area contributed by atoms with Crippen LogP contribution in [-0.2, 0) is 42.3 Å². The van der Waals surface area contributed by atoms with E-state index in [0.717, 1.165) is 29.7 Å². The second-order valence-corrected chi connectivity index (χ2v) is 21.0. The molecule has 6 atom stereocenters. The normalized spacial score (nSPS) is 22.8. The second-order valence-electron chi connectivity index (χ2n) is 17.9. The molecule has 1 N–H and O–H groups in total. The first-order valence-electron chi connectivity index (χ1n) is 20.5. The van der Waals surface area contributed by atoms with Crippen molar-refractivity contribution in [3.8, 4) is 0 Å². The summed E-state index contributed by atoms with van der Waals surface area (Å²) in [4.78, 5) is 74.5. The molecule has 17 heteroatoms. The number of nitrogens with one attached hydrogen (secondary N) is 1. The van der Waals surface area contributed by atoms with Crippen LogP contribution in [0.3, 0.4) is 0 Å². The molecular weight excluding hydrogens is 827 g/mol. The summed E-state index contributed by atoms with van der Waals surface area (Å²) in [5.41, 5.74) is -0.978. The molecule has 3 amide bonds. The van der Waals surface area contributed by atoms with Crippen molar-refractivity contribution in [3.63, 3.8) is 0 Å². The number of thiophene rings is 1. The van der Waals surface area contributed by atoms with Crippen molar-refractivity contribution in [1.82, 2.24) is 15.1 Å². The van der Waals surface area contributed by atoms with Gasteiger partial charge in [0.05, 0.1) is 28.2 Å². The quantitative estimate of drug-likeness (QED) is 0.0814. The Morgan fingerprint density at radius 3 is 2.16 bits per heavy atom. The Balaban J connectivity index is 1.16. The summed E-state index contributed by atoms with van der Waals surface area (Å²) in [5.74, 6) is -4.91. The highest BCUT2D eigenvalue weighted by Gasteiger charge is 2.49. The van der Waals surface area contributed by atoms with Gasteiger partial charge in [-0.1, -0.05) is 49.2 Å². The number of hydrogen-bond donors (Lipinski definition) is 1. The summed E-state index contributed by atoms with van der Waals surface area (Å²) >= 11 is 1.12. The molecule has 3 aliphatic rings. The van der Waals surface area contributed by atoms with Crippen LogP contribution in [0.25, 0.3) is 14.9 Å². The topological polar surface area (TPSA) is 162 Å². The summed E-state index contributed by atoms with van der Waals surface area (Å²) in [5, 5.41) is 3.36. The lowest BCUT2D eigenvalue weighted by molar-refractivity contribution is -0.162. The van der Waals surface area contributed by atoms with Crippen molar-refractivity contribution in [2.75, 3.05) is 26.7 Å². The molecule has 0 unspecified atom stereocenters. The minimum atomic E-state index is -4.81. The molecule has 3 fully saturated rings. The number of ether oxygens (including phenoxy) is 2. The van der Waals surface area contributed by atoms with Crippen molar-refractivity contribution in [1.29, 1.82) is 0 Å². The van der Waals surface area contributed by atoms with E-state index >= 15 is 4.39 Å². The number of halogens is 1. The van der Waals surface area contributed by atoms with Crippen LogP contribution >= 0.6 is 18.9 Å². The van der Waals surface area contributed by atoms with Gasteiger partial charge in [0.1, 0.15) is 12.1 Å². The van der Waals surface area contributed by atoms with Gasteiger partial charge in [-0.25, -0.2) is 11.0 Å². The Labute approximate surface area is 359 Å². The monoisotopic (exact) mass is 880 g/mol. The molecule has 6 rings (SSSR count). The van der Waals surface area contributed by atoms with E-state index in [9.17, 15) is 28.5 Å². The number of carbonyl (C=O) groups is 5. The number of hydrogen-bond acceptors (Lipinski definition) is 11. The number of carbonyl (C=O) groups excluding carboxylic acids is 5. The van der Waals surface area contributed by atoms with Crippen LogP contribution in [-0.4, -0.2) is 90.3 Å². The molecule has 328 valence electrons. The van der Waals surface area contributed by atoms with E-state index in [1.807, 2.05) is 30.3 Å². The van der Waals surface area contributed by atoms with E-state index in [2.05, 4.69) is 10.2 Å². The minimum absolute atomic E-state index is 0.121. The van der Waals surface area contributed by atoms with Gasteiger partial charge in [0.25, 0.3) is 5.91 Å². The van der Waals surface area contributed by atoms with E-state index in [0.29, 0.717) is 48.9 Å². The summed E-state index contributed by atoms with van der Waals surface area (Å²) in [7, 11) is -4.81. The molecule has 14 nitrogen and oxygen atoms in total. The fraction of sp³-hybridized carbons (Fsp3) is 0.545. The zero-order valence-electron chi connectivity index (χ0n) is 35.4.